The fourth-order valence-electron chi connectivity index (χ4n) is 2.13. The van der Waals surface area contributed by atoms with Crippen molar-refractivity contribution in [3.63, 3.8) is 0 Å². The molecule has 1 heterocycles. The van der Waals surface area contributed by atoms with E-state index in [1.807, 2.05) is 0 Å². The standard InChI is InChI=1S/C17H18F2N2O4/c1-3-24-17(23)10-21(2)16(22)7-6-15-20-9-14(25-15)12-5-4-11(18)8-13(12)19/h4-5,8-9H,3,6-7,10H2,1-2H3. The van der Waals surface area contributed by atoms with E-state index in [2.05, 4.69) is 4.98 Å². The summed E-state index contributed by atoms with van der Waals surface area (Å²) in [5.74, 6) is -1.80. The number of aryl methyl sites for hydroxylation is 1. The van der Waals surface area contributed by atoms with Crippen molar-refractivity contribution in [3.05, 3.63) is 41.9 Å². The van der Waals surface area contributed by atoms with Crippen molar-refractivity contribution in [3.8, 4) is 11.3 Å². The molecule has 0 aliphatic rings. The summed E-state index contributed by atoms with van der Waals surface area (Å²) in [6, 6.07) is 3.13. The average molecular weight is 352 g/mol. The van der Waals surface area contributed by atoms with Crippen molar-refractivity contribution < 1.29 is 27.5 Å². The van der Waals surface area contributed by atoms with Gasteiger partial charge in [0.2, 0.25) is 5.91 Å². The quantitative estimate of drug-likeness (QED) is 0.716. The number of aromatic nitrogens is 1. The summed E-state index contributed by atoms with van der Waals surface area (Å²) in [6.07, 6.45) is 1.58. The maximum Gasteiger partial charge on any atom is 0.325 e. The molecule has 0 N–H and O–H groups in total. The zero-order chi connectivity index (χ0) is 18.4. The summed E-state index contributed by atoms with van der Waals surface area (Å²) in [6.45, 7) is 1.80. The molecule has 0 bridgehead atoms. The Hall–Kier alpha value is -2.77. The minimum absolute atomic E-state index is 0.0712. The highest BCUT2D eigenvalue weighted by Gasteiger charge is 2.16. The number of hydrogen-bond donors (Lipinski definition) is 0. The second-order valence-corrected chi connectivity index (χ2v) is 5.30. The first kappa shape index (κ1) is 18.6. The molecule has 1 aromatic carbocycles. The molecule has 0 aliphatic carbocycles. The van der Waals surface area contributed by atoms with Crippen LogP contribution in [0, 0.1) is 11.6 Å². The van der Waals surface area contributed by atoms with E-state index in [0.29, 0.717) is 0 Å². The summed E-state index contributed by atoms with van der Waals surface area (Å²) < 4.78 is 36.8. The lowest BCUT2D eigenvalue weighted by atomic mass is 10.2. The molecular weight excluding hydrogens is 334 g/mol. The molecule has 1 aromatic heterocycles. The third kappa shape index (κ3) is 5.10. The maximum atomic E-state index is 13.7. The minimum Gasteiger partial charge on any atom is -0.465 e. The maximum absolute atomic E-state index is 13.7. The van der Waals surface area contributed by atoms with Crippen LogP contribution < -0.4 is 0 Å². The van der Waals surface area contributed by atoms with E-state index in [1.165, 1.54) is 24.2 Å². The average Bonchev–Trinajstić information content (AvgIpc) is 3.01. The molecule has 2 rings (SSSR count). The molecule has 1 amide bonds. The van der Waals surface area contributed by atoms with Gasteiger partial charge in [-0.3, -0.25) is 9.59 Å². The van der Waals surface area contributed by atoms with Crippen LogP contribution in [0.1, 0.15) is 19.2 Å². The fourth-order valence-corrected chi connectivity index (χ4v) is 2.13. The number of hydrogen-bond acceptors (Lipinski definition) is 5. The first-order chi connectivity index (χ1) is 11.9. The van der Waals surface area contributed by atoms with Crippen LogP contribution in [-0.2, 0) is 20.7 Å². The lowest BCUT2D eigenvalue weighted by Gasteiger charge is -2.15. The molecular formula is C17H18F2N2O4. The van der Waals surface area contributed by atoms with E-state index in [-0.39, 0.29) is 49.1 Å². The number of halogens is 2. The van der Waals surface area contributed by atoms with Crippen LogP contribution in [0.2, 0.25) is 0 Å². The van der Waals surface area contributed by atoms with Crippen LogP contribution in [0.3, 0.4) is 0 Å². The van der Waals surface area contributed by atoms with E-state index in [4.69, 9.17) is 9.15 Å². The molecule has 6 nitrogen and oxygen atoms in total. The van der Waals surface area contributed by atoms with Crippen LogP contribution in [0.15, 0.2) is 28.8 Å². The predicted molar refractivity (Wildman–Crippen MR) is 84.4 cm³/mol. The Morgan fingerprint density at radius 2 is 2.08 bits per heavy atom. The highest BCUT2D eigenvalue weighted by molar-refractivity contribution is 5.81. The predicted octanol–water partition coefficient (Wildman–Crippen LogP) is 2.57. The number of likely N-dealkylation sites (N-methyl/N-ethyl adjacent to an activating group) is 1. The number of benzene rings is 1. The van der Waals surface area contributed by atoms with Gasteiger partial charge < -0.3 is 14.1 Å². The molecule has 134 valence electrons. The van der Waals surface area contributed by atoms with Crippen molar-refractivity contribution in [2.24, 2.45) is 0 Å². The number of carbonyl (C=O) groups excluding carboxylic acids is 2. The van der Waals surface area contributed by atoms with Gasteiger partial charge in [-0.2, -0.15) is 0 Å². The Kier molecular flexibility index (Phi) is 6.21. The van der Waals surface area contributed by atoms with Crippen molar-refractivity contribution >= 4 is 11.9 Å². The van der Waals surface area contributed by atoms with Gasteiger partial charge in [0.25, 0.3) is 0 Å². The molecule has 0 saturated carbocycles. The largest absolute Gasteiger partial charge is 0.465 e. The molecule has 0 aliphatic heterocycles. The minimum atomic E-state index is -0.757. The SMILES string of the molecule is CCOC(=O)CN(C)C(=O)CCc1ncc(-c2ccc(F)cc2F)o1. The molecule has 0 atom stereocenters. The summed E-state index contributed by atoms with van der Waals surface area (Å²) >= 11 is 0. The highest BCUT2D eigenvalue weighted by atomic mass is 19.1. The number of nitrogens with zero attached hydrogens (tertiary/aromatic N) is 2. The fraction of sp³-hybridized carbons (Fsp3) is 0.353. The van der Waals surface area contributed by atoms with E-state index >= 15 is 0 Å². The Morgan fingerprint density at radius 3 is 2.76 bits per heavy atom. The number of carbonyl (C=O) groups is 2. The Morgan fingerprint density at radius 1 is 1.32 bits per heavy atom. The Labute approximate surface area is 143 Å². The van der Waals surface area contributed by atoms with Gasteiger partial charge in [0.1, 0.15) is 18.2 Å². The monoisotopic (exact) mass is 352 g/mol. The van der Waals surface area contributed by atoms with Crippen LogP contribution in [0.5, 0.6) is 0 Å². The summed E-state index contributed by atoms with van der Waals surface area (Å²) in [5.41, 5.74) is 0.0888. The van der Waals surface area contributed by atoms with Gasteiger partial charge in [0, 0.05) is 26.0 Å². The topological polar surface area (TPSA) is 72.6 Å². The molecule has 25 heavy (non-hydrogen) atoms. The lowest BCUT2D eigenvalue weighted by Crippen LogP contribution is -2.33. The number of oxazole rings is 1. The Bertz CT molecular complexity index is 761. The smallest absolute Gasteiger partial charge is 0.325 e. The van der Waals surface area contributed by atoms with Crippen molar-refractivity contribution in [1.82, 2.24) is 9.88 Å². The normalized spacial score (nSPS) is 10.6. The van der Waals surface area contributed by atoms with Gasteiger partial charge in [-0.15, -0.1) is 0 Å². The second-order valence-electron chi connectivity index (χ2n) is 5.30. The van der Waals surface area contributed by atoms with Crippen molar-refractivity contribution in [2.75, 3.05) is 20.2 Å². The van der Waals surface area contributed by atoms with Gasteiger partial charge in [-0.1, -0.05) is 0 Å². The van der Waals surface area contributed by atoms with Crippen LogP contribution in [0.4, 0.5) is 8.78 Å². The lowest BCUT2D eigenvalue weighted by molar-refractivity contribution is -0.148. The van der Waals surface area contributed by atoms with Crippen molar-refractivity contribution in [1.29, 1.82) is 0 Å². The van der Waals surface area contributed by atoms with E-state index in [9.17, 15) is 18.4 Å². The van der Waals surface area contributed by atoms with Gasteiger partial charge >= 0.3 is 5.97 Å². The molecule has 0 radical (unpaired) electrons. The van der Waals surface area contributed by atoms with Crippen molar-refractivity contribution in [2.45, 2.75) is 19.8 Å². The third-order valence-corrected chi connectivity index (χ3v) is 3.40. The number of amides is 1. The van der Waals surface area contributed by atoms with Gasteiger partial charge in [-0.25, -0.2) is 13.8 Å². The first-order valence-corrected chi connectivity index (χ1v) is 7.70. The number of esters is 1. The molecule has 0 spiro atoms. The highest BCUT2D eigenvalue weighted by Crippen LogP contribution is 2.24. The van der Waals surface area contributed by atoms with E-state index in [1.54, 1.807) is 6.92 Å². The van der Waals surface area contributed by atoms with E-state index in [0.717, 1.165) is 12.1 Å². The number of rotatable bonds is 7. The molecule has 2 aromatic rings. The third-order valence-electron chi connectivity index (χ3n) is 3.40. The van der Waals surface area contributed by atoms with Gasteiger partial charge in [0.15, 0.2) is 11.7 Å². The first-order valence-electron chi connectivity index (χ1n) is 7.70. The van der Waals surface area contributed by atoms with Crippen LogP contribution in [0.25, 0.3) is 11.3 Å². The molecule has 0 unspecified atom stereocenters. The van der Waals surface area contributed by atoms with Crippen LogP contribution in [-0.4, -0.2) is 42.0 Å². The zero-order valence-electron chi connectivity index (χ0n) is 13.9. The molecule has 0 fully saturated rings. The summed E-state index contributed by atoms with van der Waals surface area (Å²) in [4.78, 5) is 28.6. The number of ether oxygens (including phenoxy) is 1. The summed E-state index contributed by atoms with van der Waals surface area (Å²) in [7, 11) is 1.49. The molecule has 0 saturated heterocycles. The van der Waals surface area contributed by atoms with Crippen LogP contribution >= 0.6 is 0 Å². The zero-order valence-corrected chi connectivity index (χ0v) is 13.9. The second kappa shape index (κ2) is 8.36. The van der Waals surface area contributed by atoms with E-state index < -0.39 is 17.6 Å². The molecule has 8 heteroatoms. The van der Waals surface area contributed by atoms with Gasteiger partial charge in [-0.05, 0) is 19.1 Å². The Balaban J connectivity index is 1.93. The summed E-state index contributed by atoms with van der Waals surface area (Å²) in [5, 5.41) is 0. The van der Waals surface area contributed by atoms with Gasteiger partial charge in [0.05, 0.1) is 18.4 Å².